The number of amides is 4. The molecular formula is C42H75N5O6. The Morgan fingerprint density at radius 1 is 0.868 bits per heavy atom. The van der Waals surface area contributed by atoms with Gasteiger partial charge in [-0.1, -0.05) is 99.1 Å². The summed E-state index contributed by atoms with van der Waals surface area (Å²) < 4.78 is 12.0. The Morgan fingerprint density at radius 2 is 1.47 bits per heavy atom. The average Bonchev–Trinajstić information content (AvgIpc) is 3.60. The number of likely N-dealkylation sites (tertiary alicyclic amines) is 1. The van der Waals surface area contributed by atoms with Crippen molar-refractivity contribution in [2.24, 2.45) is 23.7 Å². The minimum atomic E-state index is -0.739. The first-order valence-corrected chi connectivity index (χ1v) is 19.9. The molecule has 0 aromatic heterocycles. The molecule has 9 unspecified atom stereocenters. The Kier molecular flexibility index (Phi) is 21.5. The Morgan fingerprint density at radius 3 is 1.96 bits per heavy atom. The number of rotatable bonds is 20. The van der Waals surface area contributed by atoms with Gasteiger partial charge < -0.3 is 29.9 Å². The maximum absolute atomic E-state index is 14.2. The number of nitrogens with one attached hydrogen (secondary N) is 2. The molecule has 1 aliphatic rings. The second kappa shape index (κ2) is 23.7. The zero-order valence-electron chi connectivity index (χ0n) is 35.8. The summed E-state index contributed by atoms with van der Waals surface area (Å²) >= 11 is 0. The molecule has 0 aliphatic carbocycles. The van der Waals surface area contributed by atoms with E-state index in [0.29, 0.717) is 6.54 Å². The van der Waals surface area contributed by atoms with Gasteiger partial charge >= 0.3 is 0 Å². The monoisotopic (exact) mass is 746 g/mol. The van der Waals surface area contributed by atoms with Crippen LogP contribution in [0.1, 0.15) is 100 Å². The molecule has 1 aromatic carbocycles. The van der Waals surface area contributed by atoms with Crippen LogP contribution in [0.3, 0.4) is 0 Å². The van der Waals surface area contributed by atoms with Crippen molar-refractivity contribution in [3.05, 3.63) is 35.9 Å². The summed E-state index contributed by atoms with van der Waals surface area (Å²) in [5.41, 5.74) is 1.15. The van der Waals surface area contributed by atoms with Crippen LogP contribution < -0.4 is 10.6 Å². The van der Waals surface area contributed by atoms with Gasteiger partial charge in [-0.2, -0.15) is 0 Å². The van der Waals surface area contributed by atoms with Gasteiger partial charge in [0.1, 0.15) is 6.04 Å². The molecule has 9 atom stereocenters. The normalized spacial score (nSPS) is 19.0. The first kappa shape index (κ1) is 48.0. The summed E-state index contributed by atoms with van der Waals surface area (Å²) in [6, 6.07) is 8.19. The molecule has 0 bridgehead atoms. The standard InChI is InChI=1S/C40H69N5O6.C2H6/c1-14-27(6)36(44(11)40(49)34(25(2)3)42-39(48)35(26(4)5)43(9)10)32(50-12)24-33(46)45-22-18-21-31(45)37(51-13)29(8)38(47)41-28(7)23-30-19-16-15-17-20-30;1-2/h15-17,19-20,25-29,31-32,34-37H,14,18,21-24H2,1-13H3,(H,41,47)(H,42,48);1-2H3. The van der Waals surface area contributed by atoms with Crippen molar-refractivity contribution in [1.29, 1.82) is 0 Å². The van der Waals surface area contributed by atoms with Gasteiger partial charge in [0.25, 0.3) is 0 Å². The predicted molar refractivity (Wildman–Crippen MR) is 214 cm³/mol. The molecule has 1 aromatic rings. The maximum Gasteiger partial charge on any atom is 0.245 e. The van der Waals surface area contributed by atoms with Gasteiger partial charge in [-0.3, -0.25) is 24.1 Å². The number of likely N-dealkylation sites (N-methyl/N-ethyl adjacent to an activating group) is 2. The molecule has 0 spiro atoms. The zero-order valence-corrected chi connectivity index (χ0v) is 35.8. The van der Waals surface area contributed by atoms with Crippen molar-refractivity contribution in [3.63, 3.8) is 0 Å². The van der Waals surface area contributed by atoms with Crippen molar-refractivity contribution in [1.82, 2.24) is 25.3 Å². The molecule has 53 heavy (non-hydrogen) atoms. The first-order chi connectivity index (χ1) is 25.0. The molecule has 2 rings (SSSR count). The summed E-state index contributed by atoms with van der Waals surface area (Å²) in [7, 11) is 8.67. The molecule has 1 saturated heterocycles. The predicted octanol–water partition coefficient (Wildman–Crippen LogP) is 5.41. The number of carbonyl (C=O) groups excluding carboxylic acids is 4. The molecule has 1 heterocycles. The van der Waals surface area contributed by atoms with Gasteiger partial charge in [-0.15, -0.1) is 0 Å². The van der Waals surface area contributed by atoms with Crippen molar-refractivity contribution in [2.45, 2.75) is 144 Å². The Labute approximate surface area is 322 Å². The summed E-state index contributed by atoms with van der Waals surface area (Å²) in [5, 5.41) is 6.19. The number of carbonyl (C=O) groups is 4. The SMILES string of the molecule is CC.CCC(C)C(C(CC(=O)N1CCCC1C(OC)C(C)C(=O)NC(C)Cc1ccccc1)OC)N(C)C(=O)C(NC(=O)C(C(C)C)N(C)C)C(C)C. The smallest absolute Gasteiger partial charge is 0.245 e. The number of ether oxygens (including phenoxy) is 2. The first-order valence-electron chi connectivity index (χ1n) is 19.9. The van der Waals surface area contributed by atoms with E-state index >= 15 is 0 Å². The topological polar surface area (TPSA) is 121 Å². The Balaban J connectivity index is 0.00000690. The average molecular weight is 746 g/mol. The number of benzene rings is 1. The van der Waals surface area contributed by atoms with Gasteiger partial charge in [-0.25, -0.2) is 0 Å². The lowest BCUT2D eigenvalue weighted by atomic mass is 9.89. The van der Waals surface area contributed by atoms with Crippen LogP contribution in [-0.4, -0.2) is 123 Å². The van der Waals surface area contributed by atoms with E-state index < -0.39 is 30.2 Å². The van der Waals surface area contributed by atoms with Crippen LogP contribution in [-0.2, 0) is 35.1 Å². The number of hydrogen-bond donors (Lipinski definition) is 2. The van der Waals surface area contributed by atoms with Crippen LogP contribution in [0, 0.1) is 23.7 Å². The third-order valence-corrected chi connectivity index (χ3v) is 10.7. The minimum Gasteiger partial charge on any atom is -0.379 e. The fourth-order valence-corrected chi connectivity index (χ4v) is 7.80. The second-order valence-electron chi connectivity index (χ2n) is 15.6. The molecule has 1 fully saturated rings. The summed E-state index contributed by atoms with van der Waals surface area (Å²) in [5.74, 6) is -1.16. The van der Waals surface area contributed by atoms with Crippen molar-refractivity contribution in [2.75, 3.05) is 41.9 Å². The number of methoxy groups -OCH3 is 2. The highest BCUT2D eigenvalue weighted by atomic mass is 16.5. The molecule has 1 aliphatic heterocycles. The van der Waals surface area contributed by atoms with E-state index in [0.717, 1.165) is 31.2 Å². The largest absolute Gasteiger partial charge is 0.379 e. The molecule has 11 heteroatoms. The van der Waals surface area contributed by atoms with E-state index in [-0.39, 0.29) is 65.9 Å². The van der Waals surface area contributed by atoms with Crippen LogP contribution in [0.5, 0.6) is 0 Å². The fourth-order valence-electron chi connectivity index (χ4n) is 7.80. The third kappa shape index (κ3) is 13.7. The van der Waals surface area contributed by atoms with Gasteiger partial charge in [0.05, 0.1) is 42.7 Å². The van der Waals surface area contributed by atoms with Crippen LogP contribution in [0.4, 0.5) is 0 Å². The molecule has 4 amide bonds. The Hall–Kier alpha value is -3.02. The van der Waals surface area contributed by atoms with Crippen molar-refractivity contribution in [3.8, 4) is 0 Å². The molecule has 0 saturated carbocycles. The second-order valence-corrected chi connectivity index (χ2v) is 15.6. The number of hydrogen-bond acceptors (Lipinski definition) is 7. The van der Waals surface area contributed by atoms with Crippen LogP contribution in [0.15, 0.2) is 30.3 Å². The molecule has 0 radical (unpaired) electrons. The third-order valence-electron chi connectivity index (χ3n) is 10.7. The lowest BCUT2D eigenvalue weighted by Gasteiger charge is -2.41. The van der Waals surface area contributed by atoms with E-state index in [9.17, 15) is 19.2 Å². The molecule has 11 nitrogen and oxygen atoms in total. The molecule has 2 N–H and O–H groups in total. The highest BCUT2D eigenvalue weighted by molar-refractivity contribution is 5.90. The van der Waals surface area contributed by atoms with Crippen LogP contribution >= 0.6 is 0 Å². The summed E-state index contributed by atoms with van der Waals surface area (Å²) in [4.78, 5) is 60.6. The lowest BCUT2D eigenvalue weighted by molar-refractivity contribution is -0.148. The quantitative estimate of drug-likeness (QED) is 0.183. The highest BCUT2D eigenvalue weighted by Gasteiger charge is 2.43. The van der Waals surface area contributed by atoms with Crippen molar-refractivity contribution < 1.29 is 28.7 Å². The van der Waals surface area contributed by atoms with E-state index in [1.165, 1.54) is 0 Å². The lowest BCUT2D eigenvalue weighted by Crippen LogP contribution is -2.59. The number of nitrogens with zero attached hydrogens (tertiary/aromatic N) is 3. The zero-order chi connectivity index (χ0) is 40.6. The van der Waals surface area contributed by atoms with Crippen LogP contribution in [0.2, 0.25) is 0 Å². The highest BCUT2D eigenvalue weighted by Crippen LogP contribution is 2.30. The molecule has 304 valence electrons. The van der Waals surface area contributed by atoms with E-state index in [2.05, 4.69) is 24.5 Å². The van der Waals surface area contributed by atoms with Crippen molar-refractivity contribution >= 4 is 23.6 Å². The maximum atomic E-state index is 14.2. The van der Waals surface area contributed by atoms with E-state index in [1.54, 1.807) is 26.2 Å². The van der Waals surface area contributed by atoms with Gasteiger partial charge in [0.15, 0.2) is 0 Å². The summed E-state index contributed by atoms with van der Waals surface area (Å²) in [6.07, 6.45) is 2.01. The van der Waals surface area contributed by atoms with Gasteiger partial charge in [0, 0.05) is 33.9 Å². The minimum absolute atomic E-state index is 0.00749. The van der Waals surface area contributed by atoms with Gasteiger partial charge in [-0.05, 0) is 63.6 Å². The van der Waals surface area contributed by atoms with E-state index in [1.807, 2.05) is 110 Å². The fraction of sp³-hybridized carbons (Fsp3) is 0.762. The van der Waals surface area contributed by atoms with Crippen LogP contribution in [0.25, 0.3) is 0 Å². The van der Waals surface area contributed by atoms with E-state index in [4.69, 9.17) is 9.47 Å². The Bertz CT molecular complexity index is 1240. The van der Waals surface area contributed by atoms with Gasteiger partial charge in [0.2, 0.25) is 23.6 Å². The summed E-state index contributed by atoms with van der Waals surface area (Å²) in [6.45, 7) is 20.4. The molecular weight excluding hydrogens is 670 g/mol.